The van der Waals surface area contributed by atoms with Crippen molar-refractivity contribution in [1.29, 1.82) is 0 Å². The summed E-state index contributed by atoms with van der Waals surface area (Å²) < 4.78 is 5.85. The Morgan fingerprint density at radius 3 is 2.36 bits per heavy atom. The van der Waals surface area contributed by atoms with Gasteiger partial charge in [0.1, 0.15) is 5.60 Å². The van der Waals surface area contributed by atoms with Crippen LogP contribution < -0.4 is 0 Å². The molecule has 4 aliphatic rings. The number of esters is 1. The van der Waals surface area contributed by atoms with E-state index in [-0.39, 0.29) is 0 Å². The van der Waals surface area contributed by atoms with Gasteiger partial charge in [-0.2, -0.15) is 0 Å². The van der Waals surface area contributed by atoms with E-state index in [4.69, 9.17) is 4.74 Å². The summed E-state index contributed by atoms with van der Waals surface area (Å²) in [4.78, 5) is 23.7. The lowest BCUT2D eigenvalue weighted by Gasteiger charge is -2.44. The highest BCUT2D eigenvalue weighted by Crippen LogP contribution is 2.70. The van der Waals surface area contributed by atoms with Crippen molar-refractivity contribution in [3.05, 3.63) is 0 Å². The number of aliphatic carboxylic acids is 1. The molecule has 4 bridgehead atoms. The van der Waals surface area contributed by atoms with Gasteiger partial charge in [-0.25, -0.2) is 0 Å². The zero-order valence-electron chi connectivity index (χ0n) is 13.7. The topological polar surface area (TPSA) is 63.6 Å². The molecule has 122 valence electrons. The first-order valence-corrected chi connectivity index (χ1v) is 8.71. The Labute approximate surface area is 131 Å². The summed E-state index contributed by atoms with van der Waals surface area (Å²) in [6.45, 7) is 4.93. The number of fused-ring (bicyclic) bond motifs is 9. The van der Waals surface area contributed by atoms with Crippen molar-refractivity contribution in [2.45, 2.75) is 58.5 Å². The molecule has 0 aromatic rings. The minimum absolute atomic E-state index is 0.444. The molecule has 4 aliphatic carbocycles. The standard InChI is InChI=1S/C18H26O4/c1-17(2,15(19)20)16(21)22-18(3)8-11-7-12(18)14-10-5-4-9(6-10)13(11)14/h9-14H,4-8H2,1-3H3,(H,19,20). The Hall–Kier alpha value is -1.06. The maximum atomic E-state index is 12.4. The summed E-state index contributed by atoms with van der Waals surface area (Å²) >= 11 is 0. The Bertz CT molecular complexity index is 539. The summed E-state index contributed by atoms with van der Waals surface area (Å²) in [6.07, 6.45) is 6.24. The Balaban J connectivity index is 1.55. The number of carboxylic acids is 1. The van der Waals surface area contributed by atoms with Crippen LogP contribution in [0.3, 0.4) is 0 Å². The summed E-state index contributed by atoms with van der Waals surface area (Å²) in [5, 5.41) is 9.24. The minimum atomic E-state index is -1.46. The molecule has 0 aromatic carbocycles. The van der Waals surface area contributed by atoms with E-state index in [1.807, 2.05) is 0 Å². The normalized spacial score (nSPS) is 48.5. The van der Waals surface area contributed by atoms with Crippen LogP contribution in [0.5, 0.6) is 0 Å². The first-order chi connectivity index (χ1) is 10.2. The van der Waals surface area contributed by atoms with Crippen molar-refractivity contribution >= 4 is 11.9 Å². The molecule has 22 heavy (non-hydrogen) atoms. The molecule has 0 aliphatic heterocycles. The molecule has 1 N–H and O–H groups in total. The van der Waals surface area contributed by atoms with Crippen LogP contribution in [0.15, 0.2) is 0 Å². The molecule has 0 heterocycles. The van der Waals surface area contributed by atoms with Crippen LogP contribution in [0.25, 0.3) is 0 Å². The highest BCUT2D eigenvalue weighted by Gasteiger charge is 2.67. The highest BCUT2D eigenvalue weighted by atomic mass is 16.6. The number of rotatable bonds is 3. The van der Waals surface area contributed by atoms with E-state index >= 15 is 0 Å². The number of ether oxygens (including phenoxy) is 1. The molecular formula is C18H26O4. The van der Waals surface area contributed by atoms with E-state index in [2.05, 4.69) is 6.92 Å². The Morgan fingerprint density at radius 2 is 1.73 bits per heavy atom. The van der Waals surface area contributed by atoms with E-state index in [1.54, 1.807) is 0 Å². The van der Waals surface area contributed by atoms with Crippen LogP contribution in [0.1, 0.15) is 52.9 Å². The summed E-state index contributed by atoms with van der Waals surface area (Å²) in [5.41, 5.74) is -1.90. The summed E-state index contributed by atoms with van der Waals surface area (Å²) in [7, 11) is 0. The third-order valence-electron chi connectivity index (χ3n) is 7.44. The molecule has 4 nitrogen and oxygen atoms in total. The molecule has 4 rings (SSSR count). The van der Waals surface area contributed by atoms with Crippen molar-refractivity contribution in [3.63, 3.8) is 0 Å². The molecule has 0 radical (unpaired) electrons. The van der Waals surface area contributed by atoms with E-state index in [0.29, 0.717) is 11.8 Å². The zero-order chi connectivity index (χ0) is 15.9. The summed E-state index contributed by atoms with van der Waals surface area (Å²) in [6, 6.07) is 0. The third-order valence-corrected chi connectivity index (χ3v) is 7.44. The third kappa shape index (κ3) is 1.70. The molecule has 0 spiro atoms. The van der Waals surface area contributed by atoms with E-state index in [1.165, 1.54) is 39.5 Å². The van der Waals surface area contributed by atoms with Crippen LogP contribution in [-0.4, -0.2) is 22.6 Å². The monoisotopic (exact) mass is 306 g/mol. The van der Waals surface area contributed by atoms with Gasteiger partial charge in [-0.05, 0) is 82.5 Å². The lowest BCUT2D eigenvalue weighted by Crippen LogP contribution is -2.48. The maximum Gasteiger partial charge on any atom is 0.323 e. The van der Waals surface area contributed by atoms with Crippen molar-refractivity contribution < 1.29 is 19.4 Å². The van der Waals surface area contributed by atoms with Gasteiger partial charge in [-0.1, -0.05) is 0 Å². The van der Waals surface area contributed by atoms with Gasteiger partial charge in [0.2, 0.25) is 0 Å². The zero-order valence-corrected chi connectivity index (χ0v) is 13.7. The van der Waals surface area contributed by atoms with Crippen molar-refractivity contribution in [2.75, 3.05) is 0 Å². The first-order valence-electron chi connectivity index (χ1n) is 8.71. The number of carboxylic acid groups (broad SMARTS) is 1. The van der Waals surface area contributed by atoms with Gasteiger partial charge < -0.3 is 9.84 Å². The van der Waals surface area contributed by atoms with Gasteiger partial charge in [0.05, 0.1) is 0 Å². The molecule has 0 aromatic heterocycles. The van der Waals surface area contributed by atoms with Gasteiger partial charge in [-0.15, -0.1) is 0 Å². The second-order valence-electron chi connectivity index (χ2n) is 8.93. The van der Waals surface area contributed by atoms with Crippen LogP contribution in [-0.2, 0) is 14.3 Å². The fourth-order valence-corrected chi connectivity index (χ4v) is 6.41. The molecular weight excluding hydrogens is 280 g/mol. The number of hydrogen-bond acceptors (Lipinski definition) is 3. The number of carbonyl (C=O) groups is 2. The largest absolute Gasteiger partial charge is 0.480 e. The average Bonchev–Trinajstić information content (AvgIpc) is 3.14. The molecule has 7 unspecified atom stereocenters. The first kappa shape index (κ1) is 14.5. The lowest BCUT2D eigenvalue weighted by atomic mass is 9.66. The predicted octanol–water partition coefficient (Wildman–Crippen LogP) is 3.10. The molecule has 0 amide bonds. The predicted molar refractivity (Wildman–Crippen MR) is 79.9 cm³/mol. The fraction of sp³-hybridized carbons (Fsp3) is 0.889. The average molecular weight is 306 g/mol. The second kappa shape index (κ2) is 4.27. The van der Waals surface area contributed by atoms with E-state index in [0.717, 1.165) is 30.1 Å². The highest BCUT2D eigenvalue weighted by molar-refractivity contribution is 5.98. The lowest BCUT2D eigenvalue weighted by molar-refractivity contribution is -0.184. The van der Waals surface area contributed by atoms with Crippen LogP contribution in [0, 0.1) is 40.9 Å². The van der Waals surface area contributed by atoms with Gasteiger partial charge in [0, 0.05) is 5.92 Å². The van der Waals surface area contributed by atoms with E-state index < -0.39 is 23.0 Å². The minimum Gasteiger partial charge on any atom is -0.480 e. The number of carbonyl (C=O) groups excluding carboxylic acids is 1. The molecule has 4 heteroatoms. The maximum absolute atomic E-state index is 12.4. The van der Waals surface area contributed by atoms with Gasteiger partial charge in [-0.3, -0.25) is 9.59 Å². The van der Waals surface area contributed by atoms with Crippen molar-refractivity contribution in [2.24, 2.45) is 40.9 Å². The molecule has 4 fully saturated rings. The van der Waals surface area contributed by atoms with Crippen molar-refractivity contribution in [1.82, 2.24) is 0 Å². The summed E-state index contributed by atoms with van der Waals surface area (Å²) in [5.74, 6) is 2.79. The second-order valence-corrected chi connectivity index (χ2v) is 8.93. The SMILES string of the molecule is CC(C)(C(=O)O)C(=O)OC1(C)CC2CC1C1C3CCC(C3)C21. The van der Waals surface area contributed by atoms with Gasteiger partial charge in [0.15, 0.2) is 5.41 Å². The molecule has 4 saturated carbocycles. The number of hydrogen-bond donors (Lipinski definition) is 1. The smallest absolute Gasteiger partial charge is 0.323 e. The van der Waals surface area contributed by atoms with E-state index in [9.17, 15) is 14.7 Å². The van der Waals surface area contributed by atoms with Gasteiger partial charge >= 0.3 is 11.9 Å². The van der Waals surface area contributed by atoms with Crippen LogP contribution >= 0.6 is 0 Å². The molecule has 7 atom stereocenters. The van der Waals surface area contributed by atoms with Crippen LogP contribution in [0.4, 0.5) is 0 Å². The Kier molecular flexibility index (Phi) is 2.82. The quantitative estimate of drug-likeness (QED) is 0.494. The molecule has 0 saturated heterocycles. The fourth-order valence-electron chi connectivity index (χ4n) is 6.41. The van der Waals surface area contributed by atoms with Crippen molar-refractivity contribution in [3.8, 4) is 0 Å². The Morgan fingerprint density at radius 1 is 1.09 bits per heavy atom. The van der Waals surface area contributed by atoms with Gasteiger partial charge in [0.25, 0.3) is 0 Å². The van der Waals surface area contributed by atoms with Crippen LogP contribution in [0.2, 0.25) is 0 Å².